The molecule has 0 bridgehead atoms. The molecule has 0 amide bonds. The van der Waals surface area contributed by atoms with Crippen molar-refractivity contribution in [1.29, 1.82) is 0 Å². The zero-order chi connectivity index (χ0) is 6.69. The Morgan fingerprint density at radius 1 is 1.78 bits per heavy atom. The third kappa shape index (κ3) is 1.25. The van der Waals surface area contributed by atoms with Crippen LogP contribution in [-0.2, 0) is 0 Å². The predicted molar refractivity (Wildman–Crippen MR) is 34.9 cm³/mol. The van der Waals surface area contributed by atoms with Crippen LogP contribution in [0, 0.1) is 0 Å². The van der Waals surface area contributed by atoms with Crippen molar-refractivity contribution in [3.63, 3.8) is 0 Å². The highest BCUT2D eigenvalue weighted by Gasteiger charge is 1.82. The van der Waals surface area contributed by atoms with E-state index in [1.807, 2.05) is 0 Å². The van der Waals surface area contributed by atoms with E-state index >= 15 is 0 Å². The Hall–Kier alpha value is -1.38. The number of hydrogen-bond donors (Lipinski definition) is 1. The largest absolute Gasteiger partial charge is 0.344 e. The van der Waals surface area contributed by atoms with E-state index in [0.29, 0.717) is 0 Å². The first-order valence-corrected chi connectivity index (χ1v) is 2.50. The lowest BCUT2D eigenvalue weighted by Crippen LogP contribution is -2.07. The Morgan fingerprint density at radius 3 is 3.00 bits per heavy atom. The minimum absolute atomic E-state index is 0.333. The quantitative estimate of drug-likeness (QED) is 0.586. The normalized spacial score (nSPS) is 8.89. The van der Waals surface area contributed by atoms with Crippen molar-refractivity contribution in [1.82, 2.24) is 9.97 Å². The van der Waals surface area contributed by atoms with Crippen molar-refractivity contribution in [2.75, 3.05) is 0 Å². The fraction of sp³-hybridized carbons (Fsp3) is 0. The van der Waals surface area contributed by atoms with Gasteiger partial charge >= 0.3 is 5.69 Å². The molecule has 3 heteroatoms. The molecule has 9 heavy (non-hydrogen) atoms. The molecule has 46 valence electrons. The molecule has 0 aliphatic carbocycles. The van der Waals surface area contributed by atoms with Gasteiger partial charge in [-0.2, -0.15) is 0 Å². The second-order valence-corrected chi connectivity index (χ2v) is 1.56. The molecule has 1 rings (SSSR count). The zero-order valence-corrected chi connectivity index (χ0v) is 4.79. The van der Waals surface area contributed by atoms with Crippen molar-refractivity contribution >= 4 is 6.08 Å². The second-order valence-electron chi connectivity index (χ2n) is 1.56. The highest BCUT2D eigenvalue weighted by Crippen LogP contribution is 1.89. The van der Waals surface area contributed by atoms with Gasteiger partial charge in [0.25, 0.3) is 0 Å². The lowest BCUT2D eigenvalue weighted by Gasteiger charge is -1.85. The molecule has 3 nitrogen and oxygen atoms in total. The number of aromatic nitrogens is 2. The van der Waals surface area contributed by atoms with E-state index in [1.165, 1.54) is 6.20 Å². The maximum atomic E-state index is 10.3. The minimum Gasteiger partial charge on any atom is -0.312 e. The Labute approximate surface area is 52.1 Å². The molecule has 0 aromatic carbocycles. The number of rotatable bonds is 1. The van der Waals surface area contributed by atoms with E-state index < -0.39 is 0 Å². The summed E-state index contributed by atoms with van der Waals surface area (Å²) < 4.78 is 0. The Kier molecular flexibility index (Phi) is 1.44. The third-order valence-corrected chi connectivity index (χ3v) is 0.929. The molecule has 0 saturated heterocycles. The monoisotopic (exact) mass is 122 g/mol. The summed E-state index contributed by atoms with van der Waals surface area (Å²) in [4.78, 5) is 16.2. The highest BCUT2D eigenvalue weighted by atomic mass is 16.1. The molecule has 1 N–H and O–H groups in total. The summed E-state index contributed by atoms with van der Waals surface area (Å²) in [5.41, 5.74) is 0.482. The summed E-state index contributed by atoms with van der Waals surface area (Å²) in [6.07, 6.45) is 4.64. The standard InChI is InChI=1S/C6H6N2O/c1-2-5-3-7-6(9)8-4-5/h2-4H,1H2,(H,7,8,9). The summed E-state index contributed by atoms with van der Waals surface area (Å²) in [5.74, 6) is 0. The maximum absolute atomic E-state index is 10.3. The molecule has 1 heterocycles. The van der Waals surface area contributed by atoms with Gasteiger partial charge in [0.05, 0.1) is 0 Å². The van der Waals surface area contributed by atoms with Crippen molar-refractivity contribution < 1.29 is 0 Å². The number of H-pyrrole nitrogens is 1. The maximum Gasteiger partial charge on any atom is 0.344 e. The molecule has 0 aliphatic heterocycles. The number of hydrogen-bond acceptors (Lipinski definition) is 2. The van der Waals surface area contributed by atoms with Crippen molar-refractivity contribution in [3.8, 4) is 0 Å². The van der Waals surface area contributed by atoms with Gasteiger partial charge in [-0.25, -0.2) is 9.78 Å². The van der Waals surface area contributed by atoms with Crippen LogP contribution < -0.4 is 5.69 Å². The van der Waals surface area contributed by atoms with Crippen molar-refractivity contribution in [3.05, 3.63) is 35.0 Å². The molecule has 0 aliphatic rings. The summed E-state index contributed by atoms with van der Waals surface area (Å²) in [6.45, 7) is 3.50. The topological polar surface area (TPSA) is 45.8 Å². The third-order valence-electron chi connectivity index (χ3n) is 0.929. The Balaban J connectivity index is 3.16. The van der Waals surface area contributed by atoms with Crippen molar-refractivity contribution in [2.24, 2.45) is 0 Å². The van der Waals surface area contributed by atoms with Gasteiger partial charge < -0.3 is 4.98 Å². The van der Waals surface area contributed by atoms with Gasteiger partial charge in [0.15, 0.2) is 0 Å². The summed E-state index contributed by atoms with van der Waals surface area (Å²) in [6, 6.07) is 0. The Bertz CT molecular complexity index is 244. The fourth-order valence-corrected chi connectivity index (χ4v) is 0.464. The van der Waals surface area contributed by atoms with Crippen LogP contribution in [0.15, 0.2) is 23.8 Å². The molecule has 0 fully saturated rings. The predicted octanol–water partition coefficient (Wildman–Crippen LogP) is 0.413. The summed E-state index contributed by atoms with van der Waals surface area (Å²) in [5, 5.41) is 0. The van der Waals surface area contributed by atoms with Crippen molar-refractivity contribution in [2.45, 2.75) is 0 Å². The van der Waals surface area contributed by atoms with E-state index in [9.17, 15) is 4.79 Å². The van der Waals surface area contributed by atoms with Crippen LogP contribution >= 0.6 is 0 Å². The SMILES string of the molecule is C=Cc1cnc(=O)[nH]c1. The van der Waals surface area contributed by atoms with Crippen LogP contribution in [-0.4, -0.2) is 9.97 Å². The zero-order valence-electron chi connectivity index (χ0n) is 4.79. The van der Waals surface area contributed by atoms with Crippen LogP contribution in [0.1, 0.15) is 5.56 Å². The summed E-state index contributed by atoms with van der Waals surface area (Å²) >= 11 is 0. The molecule has 0 radical (unpaired) electrons. The number of nitrogens with one attached hydrogen (secondary N) is 1. The Morgan fingerprint density at radius 2 is 2.56 bits per heavy atom. The molecule has 0 saturated carbocycles. The fourth-order valence-electron chi connectivity index (χ4n) is 0.464. The lowest BCUT2D eigenvalue weighted by molar-refractivity contribution is 1.07. The van der Waals surface area contributed by atoms with Gasteiger partial charge in [-0.1, -0.05) is 12.7 Å². The molecule has 0 unspecified atom stereocenters. The van der Waals surface area contributed by atoms with Gasteiger partial charge in [0.1, 0.15) is 0 Å². The van der Waals surface area contributed by atoms with E-state index in [4.69, 9.17) is 0 Å². The van der Waals surface area contributed by atoms with E-state index in [-0.39, 0.29) is 5.69 Å². The minimum atomic E-state index is -0.333. The van der Waals surface area contributed by atoms with Crippen LogP contribution in [0.3, 0.4) is 0 Å². The molecule has 0 spiro atoms. The second kappa shape index (κ2) is 2.26. The van der Waals surface area contributed by atoms with Gasteiger partial charge in [0.2, 0.25) is 0 Å². The van der Waals surface area contributed by atoms with Crippen LogP contribution in [0.25, 0.3) is 6.08 Å². The first-order valence-electron chi connectivity index (χ1n) is 2.50. The van der Waals surface area contributed by atoms with Gasteiger partial charge in [-0.05, 0) is 0 Å². The molecule has 0 atom stereocenters. The number of nitrogens with zero attached hydrogens (tertiary/aromatic N) is 1. The molecule has 1 aromatic rings. The average molecular weight is 122 g/mol. The smallest absolute Gasteiger partial charge is 0.312 e. The van der Waals surface area contributed by atoms with E-state index in [2.05, 4.69) is 16.5 Å². The average Bonchev–Trinajstić information content (AvgIpc) is 1.90. The van der Waals surface area contributed by atoms with Crippen LogP contribution in [0.4, 0.5) is 0 Å². The lowest BCUT2D eigenvalue weighted by atomic mass is 10.3. The molecule has 1 aromatic heterocycles. The first kappa shape index (κ1) is 5.75. The summed E-state index contributed by atoms with van der Waals surface area (Å²) in [7, 11) is 0. The highest BCUT2D eigenvalue weighted by molar-refractivity contribution is 5.42. The van der Waals surface area contributed by atoms with E-state index in [0.717, 1.165) is 5.56 Å². The van der Waals surface area contributed by atoms with Crippen LogP contribution in [0.2, 0.25) is 0 Å². The first-order chi connectivity index (χ1) is 4.33. The van der Waals surface area contributed by atoms with Crippen LogP contribution in [0.5, 0.6) is 0 Å². The number of aromatic amines is 1. The van der Waals surface area contributed by atoms with E-state index in [1.54, 1.807) is 12.3 Å². The van der Waals surface area contributed by atoms with Gasteiger partial charge in [-0.15, -0.1) is 0 Å². The molecular formula is C6H6N2O. The van der Waals surface area contributed by atoms with Gasteiger partial charge in [-0.3, -0.25) is 0 Å². The molecular weight excluding hydrogens is 116 g/mol. The van der Waals surface area contributed by atoms with Gasteiger partial charge in [0, 0.05) is 18.0 Å².